The van der Waals surface area contributed by atoms with Crippen LogP contribution in [-0.4, -0.2) is 51.0 Å². The lowest BCUT2D eigenvalue weighted by atomic mass is 10.1. The summed E-state index contributed by atoms with van der Waals surface area (Å²) in [6.45, 7) is 7.68. The zero-order valence-corrected chi connectivity index (χ0v) is 13.0. The minimum Gasteiger partial charge on any atom is -0.328 e. The molecule has 3 N–H and O–H groups in total. The van der Waals surface area contributed by atoms with E-state index in [1.165, 1.54) is 16.7 Å². The van der Waals surface area contributed by atoms with Crippen LogP contribution in [0.5, 0.6) is 0 Å². The summed E-state index contributed by atoms with van der Waals surface area (Å²) in [6.07, 6.45) is 0. The number of hydrogen-bond acceptors (Lipinski definition) is 2. The van der Waals surface area contributed by atoms with Gasteiger partial charge in [-0.15, -0.1) is 0 Å². The van der Waals surface area contributed by atoms with Crippen LogP contribution >= 0.6 is 0 Å². The second-order valence-corrected chi connectivity index (χ2v) is 5.93. The fourth-order valence-electron chi connectivity index (χ4n) is 2.76. The monoisotopic (exact) mass is 291 g/mol. The molecule has 2 rings (SSSR count). The molecule has 21 heavy (non-hydrogen) atoms. The Morgan fingerprint density at radius 1 is 1.14 bits per heavy atom. The highest BCUT2D eigenvalue weighted by Gasteiger charge is 2.30. The standard InChI is InChI=1S/C16H23N3O2/c1-12(19-10-8-18(3)9-11-19)16(21)17-15-7-5-4-6-14(15)13(2)20/h4-7,12H,8-11H2,1-3H3,(H,17,21)/p+2/t12-/m1/s1. The Morgan fingerprint density at radius 2 is 1.76 bits per heavy atom. The second-order valence-electron chi connectivity index (χ2n) is 5.93. The quantitative estimate of drug-likeness (QED) is 0.600. The second kappa shape index (κ2) is 6.83. The lowest BCUT2D eigenvalue weighted by Gasteiger charge is -2.30. The van der Waals surface area contributed by atoms with Crippen molar-refractivity contribution in [2.45, 2.75) is 19.9 Å². The lowest BCUT2D eigenvalue weighted by molar-refractivity contribution is -1.01. The number of amides is 1. The molecule has 1 aliphatic heterocycles. The summed E-state index contributed by atoms with van der Waals surface area (Å²) in [5.41, 5.74) is 1.18. The summed E-state index contributed by atoms with van der Waals surface area (Å²) in [6, 6.07) is 7.07. The van der Waals surface area contributed by atoms with E-state index in [0.717, 1.165) is 26.2 Å². The van der Waals surface area contributed by atoms with Crippen LogP contribution in [-0.2, 0) is 4.79 Å². The van der Waals surface area contributed by atoms with Crippen LogP contribution in [0, 0.1) is 0 Å². The van der Waals surface area contributed by atoms with Crippen molar-refractivity contribution in [3.05, 3.63) is 29.8 Å². The molecule has 0 aliphatic carbocycles. The predicted octanol–water partition coefficient (Wildman–Crippen LogP) is -1.37. The van der Waals surface area contributed by atoms with Gasteiger partial charge in [0.1, 0.15) is 26.2 Å². The molecule has 5 nitrogen and oxygen atoms in total. The summed E-state index contributed by atoms with van der Waals surface area (Å²) < 4.78 is 0. The van der Waals surface area contributed by atoms with Gasteiger partial charge in [-0.1, -0.05) is 12.1 Å². The Kier molecular flexibility index (Phi) is 5.09. The minimum absolute atomic E-state index is 0.0155. The maximum absolute atomic E-state index is 12.4. The van der Waals surface area contributed by atoms with Crippen molar-refractivity contribution in [3.8, 4) is 0 Å². The number of hydrogen-bond donors (Lipinski definition) is 3. The van der Waals surface area contributed by atoms with Gasteiger partial charge in [0.25, 0.3) is 5.91 Å². The first-order chi connectivity index (χ1) is 9.99. The van der Waals surface area contributed by atoms with Gasteiger partial charge in [-0.2, -0.15) is 0 Å². The van der Waals surface area contributed by atoms with Gasteiger partial charge < -0.3 is 15.1 Å². The maximum Gasteiger partial charge on any atom is 0.282 e. The smallest absolute Gasteiger partial charge is 0.282 e. The number of benzene rings is 1. The zero-order valence-electron chi connectivity index (χ0n) is 13.0. The van der Waals surface area contributed by atoms with Gasteiger partial charge >= 0.3 is 0 Å². The molecule has 1 amide bonds. The Labute approximate surface area is 125 Å². The molecule has 0 aromatic heterocycles. The van der Waals surface area contributed by atoms with Crippen molar-refractivity contribution in [3.63, 3.8) is 0 Å². The van der Waals surface area contributed by atoms with Gasteiger partial charge in [0.15, 0.2) is 11.8 Å². The molecular formula is C16H25N3O2+2. The van der Waals surface area contributed by atoms with Crippen molar-refractivity contribution < 1.29 is 19.4 Å². The SMILES string of the molecule is CC(=O)c1ccccc1NC(=O)[C@@H](C)[NH+]1CC[NH+](C)CC1. The summed E-state index contributed by atoms with van der Waals surface area (Å²) in [4.78, 5) is 26.9. The number of ketones is 1. The summed E-state index contributed by atoms with van der Waals surface area (Å²) >= 11 is 0. The normalized spacial score (nSPS) is 23.4. The van der Waals surface area contributed by atoms with Gasteiger partial charge in [0, 0.05) is 5.56 Å². The highest BCUT2D eigenvalue weighted by atomic mass is 16.2. The number of quaternary nitrogens is 2. The van der Waals surface area contributed by atoms with Crippen LogP contribution in [0.3, 0.4) is 0 Å². The molecule has 1 saturated heterocycles. The molecular weight excluding hydrogens is 266 g/mol. The van der Waals surface area contributed by atoms with Crippen molar-refractivity contribution in [2.75, 3.05) is 38.5 Å². The third-order valence-electron chi connectivity index (χ3n) is 4.32. The van der Waals surface area contributed by atoms with Gasteiger partial charge in [-0.05, 0) is 26.0 Å². The Bertz CT molecular complexity index is 522. The zero-order chi connectivity index (χ0) is 15.4. The Morgan fingerprint density at radius 3 is 2.38 bits per heavy atom. The molecule has 1 aromatic carbocycles. The van der Waals surface area contributed by atoms with Crippen LogP contribution in [0.1, 0.15) is 24.2 Å². The molecule has 0 spiro atoms. The molecule has 0 bridgehead atoms. The molecule has 0 saturated carbocycles. The number of nitrogens with one attached hydrogen (secondary N) is 3. The van der Waals surface area contributed by atoms with E-state index < -0.39 is 0 Å². The maximum atomic E-state index is 12.4. The molecule has 114 valence electrons. The van der Waals surface area contributed by atoms with E-state index in [2.05, 4.69) is 12.4 Å². The van der Waals surface area contributed by atoms with Gasteiger partial charge in [0.05, 0.1) is 12.7 Å². The topological polar surface area (TPSA) is 55.0 Å². The van der Waals surface area contributed by atoms with Gasteiger partial charge in [0.2, 0.25) is 0 Å². The number of likely N-dealkylation sites (N-methyl/N-ethyl adjacent to an activating group) is 1. The number of carbonyl (C=O) groups excluding carboxylic acids is 2. The molecule has 0 unspecified atom stereocenters. The average molecular weight is 291 g/mol. The molecule has 0 radical (unpaired) electrons. The number of rotatable bonds is 4. The van der Waals surface area contributed by atoms with Crippen LogP contribution in [0.25, 0.3) is 0 Å². The fourth-order valence-corrected chi connectivity index (χ4v) is 2.76. The number of anilines is 1. The number of carbonyl (C=O) groups is 2. The van der Waals surface area contributed by atoms with E-state index in [-0.39, 0.29) is 17.7 Å². The van der Waals surface area contributed by atoms with Crippen molar-refractivity contribution >= 4 is 17.4 Å². The highest BCUT2D eigenvalue weighted by Crippen LogP contribution is 2.15. The summed E-state index contributed by atoms with van der Waals surface area (Å²) in [5.74, 6) is -0.0487. The minimum atomic E-state index is -0.0990. The van der Waals surface area contributed by atoms with Crippen LogP contribution in [0.15, 0.2) is 24.3 Å². The molecule has 1 heterocycles. The van der Waals surface area contributed by atoms with E-state index in [1.807, 2.05) is 19.1 Å². The Balaban J connectivity index is 2.03. The molecule has 5 heteroatoms. The fraction of sp³-hybridized carbons (Fsp3) is 0.500. The largest absolute Gasteiger partial charge is 0.328 e. The summed E-state index contributed by atoms with van der Waals surface area (Å²) in [5, 5.41) is 2.91. The van der Waals surface area contributed by atoms with E-state index in [1.54, 1.807) is 12.1 Å². The van der Waals surface area contributed by atoms with E-state index in [0.29, 0.717) is 11.3 Å². The van der Waals surface area contributed by atoms with Crippen LogP contribution in [0.4, 0.5) is 5.69 Å². The van der Waals surface area contributed by atoms with Crippen molar-refractivity contribution in [1.29, 1.82) is 0 Å². The molecule has 1 aromatic rings. The van der Waals surface area contributed by atoms with Crippen LogP contribution < -0.4 is 15.1 Å². The number of piperazine rings is 1. The van der Waals surface area contributed by atoms with E-state index in [4.69, 9.17) is 0 Å². The number of Topliss-reactive ketones (excluding diaryl/α,β-unsaturated/α-hetero) is 1. The molecule has 1 atom stereocenters. The molecule has 1 fully saturated rings. The third-order valence-corrected chi connectivity index (χ3v) is 4.32. The van der Waals surface area contributed by atoms with E-state index in [9.17, 15) is 9.59 Å². The average Bonchev–Trinajstić information content (AvgIpc) is 2.47. The van der Waals surface area contributed by atoms with Gasteiger partial charge in [-0.25, -0.2) is 0 Å². The highest BCUT2D eigenvalue weighted by molar-refractivity contribution is 6.04. The van der Waals surface area contributed by atoms with Crippen molar-refractivity contribution in [2.24, 2.45) is 0 Å². The van der Waals surface area contributed by atoms with Crippen LogP contribution in [0.2, 0.25) is 0 Å². The first-order valence-corrected chi connectivity index (χ1v) is 7.55. The first-order valence-electron chi connectivity index (χ1n) is 7.55. The Hall–Kier alpha value is -1.72. The lowest BCUT2D eigenvalue weighted by Crippen LogP contribution is -3.29. The van der Waals surface area contributed by atoms with Crippen molar-refractivity contribution in [1.82, 2.24) is 0 Å². The molecule has 1 aliphatic rings. The van der Waals surface area contributed by atoms with E-state index >= 15 is 0 Å². The predicted molar refractivity (Wildman–Crippen MR) is 81.9 cm³/mol. The number of para-hydroxylation sites is 1. The third kappa shape index (κ3) is 3.89. The first kappa shape index (κ1) is 15.7. The summed E-state index contributed by atoms with van der Waals surface area (Å²) in [7, 11) is 2.19. The van der Waals surface area contributed by atoms with Gasteiger partial charge in [-0.3, -0.25) is 9.59 Å².